The Morgan fingerprint density at radius 3 is 2.61 bits per heavy atom. The molecule has 142 valence electrons. The van der Waals surface area contributed by atoms with Crippen molar-refractivity contribution >= 4 is 27.6 Å². The van der Waals surface area contributed by atoms with Crippen LogP contribution in [0.1, 0.15) is 28.9 Å². The van der Waals surface area contributed by atoms with Crippen molar-refractivity contribution in [3.63, 3.8) is 0 Å². The van der Waals surface area contributed by atoms with Gasteiger partial charge in [-0.3, -0.25) is 4.79 Å². The molecule has 1 atom stereocenters. The summed E-state index contributed by atoms with van der Waals surface area (Å²) < 4.78 is 7.28. The molecule has 0 spiro atoms. The number of methoxy groups -OCH3 is 1. The van der Waals surface area contributed by atoms with Crippen LogP contribution in [0.15, 0.2) is 72.9 Å². The van der Waals surface area contributed by atoms with Crippen LogP contribution >= 0.6 is 0 Å². The number of aromatic nitrogens is 1. The molecule has 28 heavy (non-hydrogen) atoms. The number of hydrogen-bond donors (Lipinski definition) is 1. The first kappa shape index (κ1) is 18.3. The Morgan fingerprint density at radius 2 is 1.79 bits per heavy atom. The molecule has 3 aromatic carbocycles. The van der Waals surface area contributed by atoms with Gasteiger partial charge in [-0.15, -0.1) is 0 Å². The smallest absolute Gasteiger partial charge is 0.253 e. The second-order valence-corrected chi connectivity index (χ2v) is 7.05. The maximum atomic E-state index is 13.0. The zero-order valence-corrected chi connectivity index (χ0v) is 16.2. The molecule has 1 unspecified atom stereocenters. The number of para-hydroxylation sites is 1. The Kier molecular flexibility index (Phi) is 5.13. The summed E-state index contributed by atoms with van der Waals surface area (Å²) in [6.45, 7) is 3.34. The highest BCUT2D eigenvalue weighted by Gasteiger charge is 2.17. The molecule has 0 aliphatic rings. The first-order valence-corrected chi connectivity index (χ1v) is 9.54. The second-order valence-electron chi connectivity index (χ2n) is 7.05. The Labute approximate surface area is 164 Å². The molecule has 0 aliphatic heterocycles. The van der Waals surface area contributed by atoms with E-state index < -0.39 is 0 Å². The molecule has 0 saturated heterocycles. The van der Waals surface area contributed by atoms with Crippen molar-refractivity contribution in [3.8, 4) is 0 Å². The van der Waals surface area contributed by atoms with Gasteiger partial charge in [-0.05, 0) is 35.4 Å². The number of ether oxygens (including phenoxy) is 1. The molecular formula is C24H24N2O2. The summed E-state index contributed by atoms with van der Waals surface area (Å²) >= 11 is 0. The third-order valence-electron chi connectivity index (χ3n) is 5.19. The molecule has 1 N–H and O–H groups in total. The van der Waals surface area contributed by atoms with Gasteiger partial charge in [0.15, 0.2) is 0 Å². The van der Waals surface area contributed by atoms with E-state index in [1.165, 1.54) is 10.8 Å². The van der Waals surface area contributed by atoms with Crippen molar-refractivity contribution in [2.45, 2.75) is 19.5 Å². The van der Waals surface area contributed by atoms with Crippen LogP contribution in [0.4, 0.5) is 0 Å². The van der Waals surface area contributed by atoms with E-state index in [0.717, 1.165) is 16.5 Å². The number of nitrogens with zero attached hydrogens (tertiary/aromatic N) is 1. The maximum Gasteiger partial charge on any atom is 0.253 e. The van der Waals surface area contributed by atoms with Gasteiger partial charge in [0.05, 0.1) is 18.2 Å². The topological polar surface area (TPSA) is 43.3 Å². The van der Waals surface area contributed by atoms with Gasteiger partial charge in [0.1, 0.15) is 0 Å². The highest BCUT2D eigenvalue weighted by atomic mass is 16.5. The van der Waals surface area contributed by atoms with Crippen molar-refractivity contribution in [3.05, 3.63) is 84.1 Å². The van der Waals surface area contributed by atoms with Crippen molar-refractivity contribution in [2.24, 2.45) is 0 Å². The fourth-order valence-electron chi connectivity index (χ4n) is 3.64. The number of benzene rings is 3. The summed E-state index contributed by atoms with van der Waals surface area (Å²) in [4.78, 5) is 13.0. The van der Waals surface area contributed by atoms with Gasteiger partial charge in [-0.1, -0.05) is 54.6 Å². The highest BCUT2D eigenvalue weighted by Crippen LogP contribution is 2.24. The fraction of sp³-hybridized carbons (Fsp3) is 0.208. The van der Waals surface area contributed by atoms with Crippen LogP contribution in [0.2, 0.25) is 0 Å². The van der Waals surface area contributed by atoms with Gasteiger partial charge >= 0.3 is 0 Å². The first-order chi connectivity index (χ1) is 13.7. The average molecular weight is 372 g/mol. The van der Waals surface area contributed by atoms with E-state index in [1.54, 1.807) is 7.11 Å². The Morgan fingerprint density at radius 1 is 1.04 bits per heavy atom. The molecular weight excluding hydrogens is 348 g/mol. The summed E-state index contributed by atoms with van der Waals surface area (Å²) in [5.74, 6) is -0.0620. The molecule has 4 nitrogen and oxygen atoms in total. The van der Waals surface area contributed by atoms with E-state index in [-0.39, 0.29) is 11.9 Å². The molecule has 0 radical (unpaired) electrons. The van der Waals surface area contributed by atoms with Crippen LogP contribution in [0.3, 0.4) is 0 Å². The Balaban J connectivity index is 1.60. The lowest BCUT2D eigenvalue weighted by Gasteiger charge is -2.15. The van der Waals surface area contributed by atoms with Crippen LogP contribution in [-0.2, 0) is 11.3 Å². The third-order valence-corrected chi connectivity index (χ3v) is 5.19. The predicted octanol–water partition coefficient (Wildman–Crippen LogP) is 4.93. The third kappa shape index (κ3) is 3.51. The SMILES string of the molecule is COCCn1cc(C(=O)NC(C)c2ccc3ccccc3c2)c2ccccc21. The van der Waals surface area contributed by atoms with Crippen LogP contribution in [0, 0.1) is 0 Å². The van der Waals surface area contributed by atoms with Gasteiger partial charge in [0, 0.05) is 30.8 Å². The lowest BCUT2D eigenvalue weighted by molar-refractivity contribution is 0.0941. The minimum atomic E-state index is -0.0850. The zero-order valence-electron chi connectivity index (χ0n) is 16.2. The number of amides is 1. The van der Waals surface area contributed by atoms with Gasteiger partial charge in [0.2, 0.25) is 0 Å². The minimum Gasteiger partial charge on any atom is -0.383 e. The molecule has 4 rings (SSSR count). The van der Waals surface area contributed by atoms with E-state index in [1.807, 2.05) is 49.5 Å². The van der Waals surface area contributed by atoms with Gasteiger partial charge < -0.3 is 14.6 Å². The number of carbonyl (C=O) groups excluding carboxylic acids is 1. The zero-order chi connectivity index (χ0) is 19.5. The maximum absolute atomic E-state index is 13.0. The predicted molar refractivity (Wildman–Crippen MR) is 114 cm³/mol. The number of hydrogen-bond acceptors (Lipinski definition) is 2. The molecule has 0 saturated carbocycles. The van der Waals surface area contributed by atoms with Crippen LogP contribution < -0.4 is 5.32 Å². The van der Waals surface area contributed by atoms with Gasteiger partial charge in [0.25, 0.3) is 5.91 Å². The lowest BCUT2D eigenvalue weighted by Crippen LogP contribution is -2.26. The van der Waals surface area contributed by atoms with E-state index in [0.29, 0.717) is 18.7 Å². The first-order valence-electron chi connectivity index (χ1n) is 9.54. The molecule has 4 heteroatoms. The Bertz CT molecular complexity index is 1130. The Hall–Kier alpha value is -3.11. The molecule has 0 aliphatic carbocycles. The van der Waals surface area contributed by atoms with Gasteiger partial charge in [-0.2, -0.15) is 0 Å². The van der Waals surface area contributed by atoms with Crippen molar-refractivity contribution < 1.29 is 9.53 Å². The number of carbonyl (C=O) groups is 1. The monoisotopic (exact) mass is 372 g/mol. The summed E-state index contributed by atoms with van der Waals surface area (Å²) in [5, 5.41) is 6.49. The quantitative estimate of drug-likeness (QED) is 0.521. The fourth-order valence-corrected chi connectivity index (χ4v) is 3.64. The van der Waals surface area contributed by atoms with Crippen LogP contribution in [0.25, 0.3) is 21.7 Å². The molecule has 0 bridgehead atoms. The number of nitrogens with one attached hydrogen (secondary N) is 1. The molecule has 0 fully saturated rings. The van der Waals surface area contributed by atoms with E-state index >= 15 is 0 Å². The van der Waals surface area contributed by atoms with Crippen LogP contribution in [0.5, 0.6) is 0 Å². The van der Waals surface area contributed by atoms with E-state index in [4.69, 9.17) is 4.74 Å². The summed E-state index contributed by atoms with van der Waals surface area (Å²) in [6, 6.07) is 22.5. The largest absolute Gasteiger partial charge is 0.383 e. The summed E-state index contributed by atoms with van der Waals surface area (Å²) in [5.41, 5.74) is 2.83. The van der Waals surface area contributed by atoms with E-state index in [2.05, 4.69) is 40.2 Å². The lowest BCUT2D eigenvalue weighted by atomic mass is 10.0. The van der Waals surface area contributed by atoms with Crippen molar-refractivity contribution in [2.75, 3.05) is 13.7 Å². The van der Waals surface area contributed by atoms with Crippen LogP contribution in [-0.4, -0.2) is 24.2 Å². The summed E-state index contributed by atoms with van der Waals surface area (Å²) in [7, 11) is 1.69. The normalized spacial score (nSPS) is 12.4. The second kappa shape index (κ2) is 7.87. The minimum absolute atomic E-state index is 0.0620. The number of fused-ring (bicyclic) bond motifs is 2. The summed E-state index contributed by atoms with van der Waals surface area (Å²) in [6.07, 6.45) is 1.92. The average Bonchev–Trinajstić information content (AvgIpc) is 3.10. The van der Waals surface area contributed by atoms with Gasteiger partial charge in [-0.25, -0.2) is 0 Å². The van der Waals surface area contributed by atoms with Crippen molar-refractivity contribution in [1.29, 1.82) is 0 Å². The number of rotatable bonds is 6. The molecule has 1 aromatic heterocycles. The highest BCUT2D eigenvalue weighted by molar-refractivity contribution is 6.07. The molecule has 1 amide bonds. The van der Waals surface area contributed by atoms with E-state index in [9.17, 15) is 4.79 Å². The standard InChI is InChI=1S/C24H24N2O2/c1-17(19-12-11-18-7-3-4-8-20(18)15-19)25-24(27)22-16-26(13-14-28-2)23-10-6-5-9-21(22)23/h3-12,15-17H,13-14H2,1-2H3,(H,25,27). The molecule has 4 aromatic rings. The van der Waals surface area contributed by atoms with Crippen molar-refractivity contribution in [1.82, 2.24) is 9.88 Å². The molecule has 1 heterocycles.